The fraction of sp³-hybridized carbons (Fsp3) is 0.222. The molecule has 0 radical (unpaired) electrons. The van der Waals surface area contributed by atoms with Crippen molar-refractivity contribution >= 4 is 45.9 Å². The Morgan fingerprint density at radius 3 is 2.67 bits per heavy atom. The summed E-state index contributed by atoms with van der Waals surface area (Å²) in [6.07, 6.45) is 2.39. The molecule has 24 heavy (non-hydrogen) atoms. The fourth-order valence-corrected chi connectivity index (χ4v) is 3.00. The lowest BCUT2D eigenvalue weighted by Gasteiger charge is -2.12. The summed E-state index contributed by atoms with van der Waals surface area (Å²) in [6, 6.07) is 14.0. The minimum Gasteiger partial charge on any atom is -0.367 e. The first-order chi connectivity index (χ1) is 11.7. The third kappa shape index (κ3) is 3.40. The number of aromatic nitrogens is 2. The molecule has 2 aromatic carbocycles. The molecule has 0 atom stereocenters. The first-order valence-corrected chi connectivity index (χ1v) is 8.66. The normalized spacial score (nSPS) is 13.9. The van der Waals surface area contributed by atoms with E-state index in [2.05, 4.69) is 20.6 Å². The molecule has 1 heterocycles. The van der Waals surface area contributed by atoms with Crippen molar-refractivity contribution in [3.8, 4) is 0 Å². The summed E-state index contributed by atoms with van der Waals surface area (Å²) in [5.41, 5.74) is 1.87. The highest BCUT2D eigenvalue weighted by Crippen LogP contribution is 2.29. The molecule has 1 saturated carbocycles. The Kier molecular flexibility index (Phi) is 4.17. The van der Waals surface area contributed by atoms with Crippen LogP contribution in [0.25, 0.3) is 10.9 Å². The number of benzene rings is 2. The van der Waals surface area contributed by atoms with Gasteiger partial charge in [0.25, 0.3) is 0 Å². The quantitative estimate of drug-likeness (QED) is 0.664. The number of nitrogens with one attached hydrogen (secondary N) is 2. The van der Waals surface area contributed by atoms with Crippen LogP contribution in [0.15, 0.2) is 42.5 Å². The Bertz CT molecular complexity index is 893. The first kappa shape index (κ1) is 15.5. The summed E-state index contributed by atoms with van der Waals surface area (Å²) in [5.74, 6) is 1.47. The SMILES string of the molecule is Clc1ccc(CNc2nc(NC3CC3)c3ccccc3n2)c(Cl)c1. The van der Waals surface area contributed by atoms with E-state index in [1.807, 2.05) is 36.4 Å². The van der Waals surface area contributed by atoms with Crippen LogP contribution in [-0.4, -0.2) is 16.0 Å². The molecule has 0 saturated heterocycles. The molecule has 0 aliphatic heterocycles. The molecule has 1 aliphatic carbocycles. The van der Waals surface area contributed by atoms with Crippen LogP contribution in [0.2, 0.25) is 10.0 Å². The molecular formula is C18H16Cl2N4. The highest BCUT2D eigenvalue weighted by Gasteiger charge is 2.22. The zero-order valence-electron chi connectivity index (χ0n) is 12.9. The molecular weight excluding hydrogens is 343 g/mol. The zero-order chi connectivity index (χ0) is 16.5. The average Bonchev–Trinajstić information content (AvgIpc) is 3.38. The maximum absolute atomic E-state index is 6.22. The second kappa shape index (κ2) is 6.46. The van der Waals surface area contributed by atoms with E-state index in [9.17, 15) is 0 Å². The van der Waals surface area contributed by atoms with Crippen molar-refractivity contribution in [2.24, 2.45) is 0 Å². The minimum atomic E-state index is 0.530. The van der Waals surface area contributed by atoms with Crippen LogP contribution in [0.4, 0.5) is 11.8 Å². The average molecular weight is 359 g/mol. The molecule has 4 rings (SSSR count). The van der Waals surface area contributed by atoms with Crippen molar-refractivity contribution < 1.29 is 0 Å². The van der Waals surface area contributed by atoms with Crippen LogP contribution < -0.4 is 10.6 Å². The van der Waals surface area contributed by atoms with E-state index in [1.165, 1.54) is 12.8 Å². The second-order valence-electron chi connectivity index (χ2n) is 5.92. The van der Waals surface area contributed by atoms with E-state index in [0.29, 0.717) is 28.6 Å². The Balaban J connectivity index is 1.61. The van der Waals surface area contributed by atoms with Crippen LogP contribution >= 0.6 is 23.2 Å². The maximum Gasteiger partial charge on any atom is 0.225 e. The maximum atomic E-state index is 6.22. The number of anilines is 2. The van der Waals surface area contributed by atoms with Crippen molar-refractivity contribution in [1.82, 2.24) is 9.97 Å². The van der Waals surface area contributed by atoms with Gasteiger partial charge in [-0.3, -0.25) is 0 Å². The Morgan fingerprint density at radius 1 is 1.04 bits per heavy atom. The van der Waals surface area contributed by atoms with E-state index >= 15 is 0 Å². The van der Waals surface area contributed by atoms with Crippen LogP contribution in [0.3, 0.4) is 0 Å². The van der Waals surface area contributed by atoms with Gasteiger partial charge in [0.05, 0.1) is 5.52 Å². The van der Waals surface area contributed by atoms with Crippen molar-refractivity contribution in [3.05, 3.63) is 58.1 Å². The summed E-state index contributed by atoms with van der Waals surface area (Å²) in [6.45, 7) is 0.539. The van der Waals surface area contributed by atoms with Crippen LogP contribution in [0.5, 0.6) is 0 Å². The Labute approximate surface area is 150 Å². The topological polar surface area (TPSA) is 49.8 Å². The van der Waals surface area contributed by atoms with Gasteiger partial charge in [-0.2, -0.15) is 4.98 Å². The molecule has 1 aromatic heterocycles. The number of para-hydroxylation sites is 1. The van der Waals surface area contributed by atoms with Gasteiger partial charge in [0, 0.05) is 28.0 Å². The monoisotopic (exact) mass is 358 g/mol. The molecule has 0 unspecified atom stereocenters. The van der Waals surface area contributed by atoms with Gasteiger partial charge >= 0.3 is 0 Å². The molecule has 0 amide bonds. The predicted molar refractivity (Wildman–Crippen MR) is 100.0 cm³/mol. The van der Waals surface area contributed by atoms with Crippen molar-refractivity contribution in [1.29, 1.82) is 0 Å². The van der Waals surface area contributed by atoms with E-state index < -0.39 is 0 Å². The summed E-state index contributed by atoms with van der Waals surface area (Å²) >= 11 is 12.2. The van der Waals surface area contributed by atoms with Gasteiger partial charge in [-0.05, 0) is 42.7 Å². The fourth-order valence-electron chi connectivity index (χ4n) is 2.53. The molecule has 0 spiro atoms. The minimum absolute atomic E-state index is 0.530. The highest BCUT2D eigenvalue weighted by molar-refractivity contribution is 6.35. The van der Waals surface area contributed by atoms with Gasteiger partial charge in [0.1, 0.15) is 5.82 Å². The second-order valence-corrected chi connectivity index (χ2v) is 6.76. The third-order valence-electron chi connectivity index (χ3n) is 3.97. The van der Waals surface area contributed by atoms with E-state index in [1.54, 1.807) is 6.07 Å². The zero-order valence-corrected chi connectivity index (χ0v) is 14.4. The van der Waals surface area contributed by atoms with Gasteiger partial charge < -0.3 is 10.6 Å². The standard InChI is InChI=1S/C18H16Cl2N4/c19-12-6-5-11(15(20)9-12)10-21-18-23-16-4-2-1-3-14(16)17(24-18)22-13-7-8-13/h1-6,9,13H,7-8,10H2,(H2,21,22,23,24). The summed E-state index contributed by atoms with van der Waals surface area (Å²) in [5, 5.41) is 9.04. The van der Waals surface area contributed by atoms with Crippen molar-refractivity contribution in [2.75, 3.05) is 10.6 Å². The first-order valence-electron chi connectivity index (χ1n) is 7.90. The highest BCUT2D eigenvalue weighted by atomic mass is 35.5. The predicted octanol–water partition coefficient (Wildman–Crippen LogP) is 5.12. The van der Waals surface area contributed by atoms with Gasteiger partial charge in [-0.25, -0.2) is 4.98 Å². The van der Waals surface area contributed by atoms with E-state index in [0.717, 1.165) is 22.3 Å². The molecule has 122 valence electrons. The summed E-state index contributed by atoms with van der Waals surface area (Å²) in [7, 11) is 0. The molecule has 3 aromatic rings. The molecule has 0 bridgehead atoms. The lowest BCUT2D eigenvalue weighted by atomic mass is 10.2. The molecule has 2 N–H and O–H groups in total. The lowest BCUT2D eigenvalue weighted by molar-refractivity contribution is 1.05. The smallest absolute Gasteiger partial charge is 0.225 e. The van der Waals surface area contributed by atoms with E-state index in [-0.39, 0.29) is 0 Å². The molecule has 6 heteroatoms. The third-order valence-corrected chi connectivity index (χ3v) is 4.56. The van der Waals surface area contributed by atoms with Crippen molar-refractivity contribution in [2.45, 2.75) is 25.4 Å². The van der Waals surface area contributed by atoms with Crippen LogP contribution in [0, 0.1) is 0 Å². The van der Waals surface area contributed by atoms with Gasteiger partial charge in [-0.1, -0.05) is 41.4 Å². The Morgan fingerprint density at radius 2 is 1.88 bits per heavy atom. The number of rotatable bonds is 5. The van der Waals surface area contributed by atoms with Crippen LogP contribution in [0.1, 0.15) is 18.4 Å². The Hall–Kier alpha value is -2.04. The largest absolute Gasteiger partial charge is 0.367 e. The summed E-state index contributed by atoms with van der Waals surface area (Å²) in [4.78, 5) is 9.24. The number of halogens is 2. The number of hydrogen-bond donors (Lipinski definition) is 2. The molecule has 1 fully saturated rings. The van der Waals surface area contributed by atoms with E-state index in [4.69, 9.17) is 23.2 Å². The number of nitrogens with zero attached hydrogens (tertiary/aromatic N) is 2. The van der Waals surface area contributed by atoms with Gasteiger partial charge in [-0.15, -0.1) is 0 Å². The number of hydrogen-bond acceptors (Lipinski definition) is 4. The summed E-state index contributed by atoms with van der Waals surface area (Å²) < 4.78 is 0. The lowest BCUT2D eigenvalue weighted by Crippen LogP contribution is -2.09. The van der Waals surface area contributed by atoms with Crippen LogP contribution in [-0.2, 0) is 6.54 Å². The van der Waals surface area contributed by atoms with Gasteiger partial charge in [0.15, 0.2) is 0 Å². The number of fused-ring (bicyclic) bond motifs is 1. The molecule has 1 aliphatic rings. The molecule has 4 nitrogen and oxygen atoms in total. The van der Waals surface area contributed by atoms with Gasteiger partial charge in [0.2, 0.25) is 5.95 Å². The van der Waals surface area contributed by atoms with Crippen molar-refractivity contribution in [3.63, 3.8) is 0 Å².